The largest absolute Gasteiger partial charge is 0.507 e. The van der Waals surface area contributed by atoms with Crippen LogP contribution in [-0.4, -0.2) is 252 Å². The zero-order valence-electron chi connectivity index (χ0n) is 75.7. The van der Waals surface area contributed by atoms with E-state index in [1.807, 2.05) is 87.4 Å². The van der Waals surface area contributed by atoms with Crippen LogP contribution in [-0.2, 0) is 71.5 Å². The minimum absolute atomic E-state index is 0.00728. The van der Waals surface area contributed by atoms with Gasteiger partial charge >= 0.3 is 24.1 Å². The number of aromatic hydroxyl groups is 1. The second kappa shape index (κ2) is 41.9. The number of nitrogens with one attached hydrogen (secondary N) is 2. The van der Waals surface area contributed by atoms with Gasteiger partial charge in [0.2, 0.25) is 21.2 Å². The fraction of sp³-hybridized carbons (Fsp3) is 0.454. The topological polar surface area (TPSA) is 340 Å². The average molecular weight is 2060 g/mol. The van der Waals surface area contributed by atoms with E-state index in [1.165, 1.54) is 41.8 Å². The number of carbonyl (C=O) groups is 5. The van der Waals surface area contributed by atoms with Crippen molar-refractivity contribution in [2.45, 2.75) is 151 Å². The number of hydrogen-bond acceptors (Lipinski definition) is 29. The summed E-state index contributed by atoms with van der Waals surface area (Å²) in [6, 6.07) is 33.3. The van der Waals surface area contributed by atoms with E-state index in [1.54, 1.807) is 35.2 Å². The molecule has 4 N–H and O–H groups in total. The normalized spacial score (nSPS) is 23.3. The van der Waals surface area contributed by atoms with Crippen LogP contribution in [0.1, 0.15) is 116 Å². The number of aryl methyl sites for hydroxylation is 2. The molecule has 3 aliphatic carbocycles. The Kier molecular flexibility index (Phi) is 30.8. The first-order valence-electron chi connectivity index (χ1n) is 43.8. The van der Waals surface area contributed by atoms with E-state index in [2.05, 4.69) is 92.1 Å². The number of likely N-dealkylation sites (N-methyl/N-ethyl adjacent to an activating group) is 2. The number of phenols is 1. The minimum Gasteiger partial charge on any atom is -0.507 e. The first-order valence-corrected chi connectivity index (χ1v) is 49.5. The fourth-order valence-corrected chi connectivity index (χ4v) is 24.5. The highest BCUT2D eigenvalue weighted by atomic mass is 35.6. The number of nitriles is 2. The number of hydrogen-bond donors (Lipinski definition) is 4. The lowest BCUT2D eigenvalue weighted by molar-refractivity contribution is -0.159. The highest BCUT2D eigenvalue weighted by Crippen LogP contribution is 2.62. The number of alkyl halides is 8. The second-order valence-electron chi connectivity index (χ2n) is 34.6. The molecule has 4 fully saturated rings. The molecule has 0 aromatic heterocycles. The number of halogens is 8. The number of piperidine rings is 1. The van der Waals surface area contributed by atoms with Crippen LogP contribution in [0.3, 0.4) is 0 Å². The average Bonchev–Trinajstić information content (AvgIpc) is 0.916. The van der Waals surface area contributed by atoms with Gasteiger partial charge in [0, 0.05) is 119 Å². The summed E-state index contributed by atoms with van der Waals surface area (Å²) in [6.07, 6.45) is -0.922. The summed E-state index contributed by atoms with van der Waals surface area (Å²) >= 11 is 47.8. The van der Waals surface area contributed by atoms with E-state index in [0.29, 0.717) is 82.0 Å². The van der Waals surface area contributed by atoms with Crippen molar-refractivity contribution < 1.29 is 101 Å². The van der Waals surface area contributed by atoms with Crippen molar-refractivity contribution in [3.63, 3.8) is 0 Å². The number of ether oxygens (including phenoxy) is 14. The van der Waals surface area contributed by atoms with Crippen molar-refractivity contribution in [2.75, 3.05) is 124 Å². The van der Waals surface area contributed by atoms with Crippen molar-refractivity contribution in [3.8, 4) is 74.6 Å². The van der Waals surface area contributed by atoms with Gasteiger partial charge in [0.25, 0.3) is 0 Å². The Morgan fingerprint density at radius 3 is 1.40 bits per heavy atom. The third kappa shape index (κ3) is 19.0. The lowest BCUT2D eigenvalue weighted by Crippen LogP contribution is -2.74. The van der Waals surface area contributed by atoms with Crippen molar-refractivity contribution in [1.29, 1.82) is 10.5 Å². The summed E-state index contributed by atoms with van der Waals surface area (Å²) in [5.74, 6) is 2.37. The predicted octanol–water partition coefficient (Wildman–Crippen LogP) is 16.1. The van der Waals surface area contributed by atoms with Crippen molar-refractivity contribution >= 4 is 146 Å². The molecular formula is C97H100Cl8N8O21S2. The molecule has 13 atom stereocenters. The molecule has 4 saturated heterocycles. The zero-order chi connectivity index (χ0) is 96.8. The molecule has 4 bridgehead atoms. The monoisotopic (exact) mass is 2060 g/mol. The fourth-order valence-electron chi connectivity index (χ4n) is 21.8. The molecule has 2 amide bonds. The molecule has 18 rings (SSSR count). The van der Waals surface area contributed by atoms with Crippen LogP contribution < -0.4 is 39.1 Å². The van der Waals surface area contributed by atoms with Gasteiger partial charge in [-0.1, -0.05) is 179 Å². The number of piperazine rings is 2. The Morgan fingerprint density at radius 2 is 0.971 bits per heavy atom. The Hall–Kier alpha value is -8.91. The number of fused-ring (bicyclic) bond motifs is 23. The Labute approximate surface area is 835 Å². The third-order valence-electron chi connectivity index (χ3n) is 27.2. The van der Waals surface area contributed by atoms with Crippen LogP contribution in [0.2, 0.25) is 0 Å². The molecule has 0 spiro atoms. The van der Waals surface area contributed by atoms with Gasteiger partial charge < -0.3 is 87.2 Å². The van der Waals surface area contributed by atoms with Crippen LogP contribution in [0.15, 0.2) is 132 Å². The number of esters is 2. The molecule has 0 saturated carbocycles. The molecule has 11 aliphatic rings. The lowest BCUT2D eigenvalue weighted by Gasteiger charge is -2.62. The second-order valence-corrected chi connectivity index (χ2v) is 42.6. The summed E-state index contributed by atoms with van der Waals surface area (Å²) in [5, 5.41) is 52.8. The van der Waals surface area contributed by atoms with Gasteiger partial charge in [-0.3, -0.25) is 24.4 Å². The lowest BCUT2D eigenvalue weighted by atomic mass is 9.65. The highest BCUT2D eigenvalue weighted by Gasteiger charge is 2.66. The Bertz CT molecular complexity index is 5870. The number of aliphatic hydroxyl groups is 1. The number of amides is 2. The van der Waals surface area contributed by atoms with Crippen molar-refractivity contribution in [2.24, 2.45) is 0 Å². The highest BCUT2D eigenvalue weighted by molar-refractivity contribution is 7.99. The number of rotatable bonds is 26. The molecule has 29 nitrogen and oxygen atoms in total. The van der Waals surface area contributed by atoms with Gasteiger partial charge in [0.1, 0.15) is 56.3 Å². The van der Waals surface area contributed by atoms with E-state index in [4.69, 9.17) is 159 Å². The summed E-state index contributed by atoms with van der Waals surface area (Å²) in [7, 11) is 10.1. The predicted molar refractivity (Wildman–Crippen MR) is 515 cm³/mol. The first kappa shape index (κ1) is 100. The summed E-state index contributed by atoms with van der Waals surface area (Å²) in [4.78, 5) is 78.5. The minimum atomic E-state index is -2.18. The van der Waals surface area contributed by atoms with Crippen molar-refractivity contribution in [3.05, 3.63) is 204 Å². The summed E-state index contributed by atoms with van der Waals surface area (Å²) < 4.78 is 78.2. The van der Waals surface area contributed by atoms with Gasteiger partial charge in [-0.05, 0) is 128 Å². The maximum atomic E-state index is 14.6. The quantitative estimate of drug-likeness (QED) is 0.0169. The number of alkyl carbamates (subject to hydrolysis) is 2. The number of Topliss-reactive ketones (excluding diaryl/α,β-unsaturated/α-hetero) is 1. The number of phenolic OH excluding ortho intramolecular Hbond substituents is 1. The maximum absolute atomic E-state index is 14.6. The molecule has 136 heavy (non-hydrogen) atoms. The molecule has 8 aliphatic heterocycles. The smallest absolute Gasteiger partial charge is 0.408 e. The van der Waals surface area contributed by atoms with Gasteiger partial charge in [0.15, 0.2) is 71.0 Å². The van der Waals surface area contributed by atoms with Gasteiger partial charge in [-0.2, -0.15) is 34.0 Å². The number of ketones is 1. The van der Waals surface area contributed by atoms with E-state index >= 15 is 0 Å². The maximum Gasteiger partial charge on any atom is 0.408 e. The van der Waals surface area contributed by atoms with E-state index in [0.717, 1.165) is 66.8 Å². The first-order chi connectivity index (χ1) is 65.3. The summed E-state index contributed by atoms with van der Waals surface area (Å²) in [6.45, 7) is 4.90. The molecule has 7 aromatic carbocycles. The van der Waals surface area contributed by atoms with Crippen LogP contribution in [0.5, 0.6) is 40.2 Å². The zero-order valence-corrected chi connectivity index (χ0v) is 83.4. The van der Waals surface area contributed by atoms with Gasteiger partial charge in [0.05, 0.1) is 55.9 Å². The SMILES string of the molecule is COCOc1c(OC)c(C)cc2c1[C@@H]1C3CC4(O)C(=O)C(C)=C5OCOC5=C4[C@H](COC(=O)[C@@H](CSCC4c5ccccc5-c5ccccc54)NC(=O)OCC(Cl)(Cl)Cl)N3[C@@H](C#N)[C@H](C2)N1C.COCOc1c(OC)c(C)cc2c1[C@@H]1C3Cc4c(O)c(C)c5c(c4[C@H](COC(=O)[C@@H](CSCC4c6ccccc6-c6ccccc64)NC(=O)OCC(Cl)(Cl)Cl)N3[C@@H](C#N)[C@H](C2)N1C)OCO5.ClCCl. The van der Waals surface area contributed by atoms with Gasteiger partial charge in [-0.15, -0.1) is 23.2 Å². The number of methoxy groups -OCH3 is 4. The van der Waals surface area contributed by atoms with E-state index in [-0.39, 0.29) is 109 Å². The van der Waals surface area contributed by atoms with E-state index < -0.39 is 123 Å². The Balaban J connectivity index is 0.000000192. The van der Waals surface area contributed by atoms with Crippen LogP contribution in [0, 0.1) is 43.4 Å². The molecular weight excluding hydrogens is 1960 g/mol. The van der Waals surface area contributed by atoms with Crippen LogP contribution >= 0.6 is 116 Å². The standard InChI is InChI=1S/C48H49Cl3N4O11S.C48H49Cl3N4O10S.CH2Cl2/c1-24-14-26-15-33-35(17-52)55-34(39(54(33)3)37(26)42(40(24)61-5)64-22-60-4)16-47(59)38(43-41(65-23-66-43)25(2)44(47)56)36(55)18-62-45(57)32(53-46(58)63-21-48(49,50)51)20-67-19-31-29-12-8-6-10-27(29)28-11-7-9-13-30(28)31;1-24-14-26-15-34-36(17-52)55-35(40(54(34)3)38(26)44(42(24)60-5)63-22-59-4)16-31-39(45-43(64-23-65-45)25(2)41(31)56)37(55)18-61-46(57)33(53-47(58)62-21-48(49,50)51)20-66-19-32-29-12-8-6-10-27(29)28-11-7-9-13-30(28)32;2-1-3/h6-14,31-36,39,59H,15-16,18-23H2,1-5H3,(H,53,58);6-14,32-37,40,56H,15-16,18-23H2,1-5H3,(H,53,58);1H2/t32-,33+,34?,35+,36+,39+,47?;33-,34+,35?,36+,37+,40+;/m11./s1. The molecule has 39 heteroatoms. The molecule has 722 valence electrons. The molecule has 3 unspecified atom stereocenters. The number of carbonyl (C=O) groups excluding carboxylic acids is 5. The molecule has 8 heterocycles. The Morgan fingerprint density at radius 1 is 0.559 bits per heavy atom. The van der Waals surface area contributed by atoms with Gasteiger partial charge in [-0.25, -0.2) is 19.2 Å². The van der Waals surface area contributed by atoms with E-state index in [9.17, 15) is 44.7 Å². The van der Waals surface area contributed by atoms with Crippen molar-refractivity contribution in [1.82, 2.24) is 30.2 Å². The number of nitrogens with zero attached hydrogens (tertiary/aromatic N) is 6. The summed E-state index contributed by atoms with van der Waals surface area (Å²) in [5.41, 5.74) is 14.4. The number of thioether (sulfide) groups is 2. The molecule has 7 aromatic rings. The van der Waals surface area contributed by atoms with Crippen LogP contribution in [0.25, 0.3) is 22.3 Å². The van der Waals surface area contributed by atoms with Crippen LogP contribution in [0.4, 0.5) is 9.59 Å². The molecule has 0 radical (unpaired) electrons. The number of benzene rings is 7. The third-order valence-corrected chi connectivity index (χ3v) is 30.1.